The first-order valence-corrected chi connectivity index (χ1v) is 19.6. The summed E-state index contributed by atoms with van der Waals surface area (Å²) in [7, 11) is 4.30. The van der Waals surface area contributed by atoms with E-state index in [9.17, 15) is 0 Å². The van der Waals surface area contributed by atoms with Gasteiger partial charge in [0.2, 0.25) is 0 Å². The Balaban J connectivity index is 1.20. The third kappa shape index (κ3) is 7.94. The van der Waals surface area contributed by atoms with Gasteiger partial charge in [-0.05, 0) is 89.1 Å². The van der Waals surface area contributed by atoms with Crippen LogP contribution >= 0.6 is 11.6 Å². The van der Waals surface area contributed by atoms with Crippen molar-refractivity contribution in [2.24, 2.45) is 0 Å². The standard InChI is InChI=1S/C52H49ClN2/c1-39(52(37-41-24-14-9-15-25-41,38-42-26-16-10-17-27-42)46-35-44(53)32-33-47(46)54-3)21-11-6-5-7-18-30-49-51(2,36-40-22-12-8-13-23-40)50-45-29-20-19-28-43(45)31-34-48(50)55(49)4/h5-35,54H,1,36-38H2,2-4H3/p+1/b6-5+,18-7+,21-11+,49-30+. The molecule has 0 saturated heterocycles. The van der Waals surface area contributed by atoms with E-state index in [-0.39, 0.29) is 5.41 Å². The molecule has 55 heavy (non-hydrogen) atoms. The summed E-state index contributed by atoms with van der Waals surface area (Å²) in [6, 6.07) is 51.9. The molecule has 0 fully saturated rings. The maximum Gasteiger partial charge on any atom is 0.133 e. The second-order valence-corrected chi connectivity index (χ2v) is 15.3. The molecule has 0 bridgehead atoms. The molecule has 2 nitrogen and oxygen atoms in total. The van der Waals surface area contributed by atoms with Crippen molar-refractivity contribution >= 4 is 33.7 Å². The second kappa shape index (κ2) is 16.8. The summed E-state index contributed by atoms with van der Waals surface area (Å²) in [4.78, 5) is 2.37. The number of rotatable bonds is 13. The zero-order chi connectivity index (χ0) is 38.3. The lowest BCUT2D eigenvalue weighted by Gasteiger charge is -2.36. The lowest BCUT2D eigenvalue weighted by Crippen LogP contribution is -2.73. The highest BCUT2D eigenvalue weighted by Crippen LogP contribution is 2.52. The normalized spacial score (nSPS) is 16.6. The maximum atomic E-state index is 6.74. The van der Waals surface area contributed by atoms with Crippen molar-refractivity contribution in [3.63, 3.8) is 0 Å². The van der Waals surface area contributed by atoms with Crippen molar-refractivity contribution < 1.29 is 5.32 Å². The number of hydrogen-bond acceptors (Lipinski definition) is 1. The van der Waals surface area contributed by atoms with Crippen molar-refractivity contribution in [2.45, 2.75) is 37.0 Å². The van der Waals surface area contributed by atoms with Gasteiger partial charge in [-0.15, -0.1) is 0 Å². The van der Waals surface area contributed by atoms with Crippen LogP contribution < -0.4 is 10.2 Å². The summed E-state index contributed by atoms with van der Waals surface area (Å²) >= 11 is 6.74. The van der Waals surface area contributed by atoms with E-state index < -0.39 is 5.41 Å². The van der Waals surface area contributed by atoms with E-state index in [4.69, 9.17) is 18.2 Å². The highest BCUT2D eigenvalue weighted by molar-refractivity contribution is 6.30. The van der Waals surface area contributed by atoms with Gasteiger partial charge in [0.05, 0.1) is 7.05 Å². The molecule has 0 amide bonds. The quantitative estimate of drug-likeness (QED) is 0.0924. The molecule has 6 aromatic carbocycles. The van der Waals surface area contributed by atoms with Gasteiger partial charge in [-0.25, -0.2) is 0 Å². The van der Waals surface area contributed by atoms with Crippen LogP contribution in [0, 0.1) is 0 Å². The van der Waals surface area contributed by atoms with E-state index in [0.717, 1.165) is 29.9 Å². The third-order valence-corrected chi connectivity index (χ3v) is 11.5. The zero-order valence-electron chi connectivity index (χ0n) is 32.1. The van der Waals surface area contributed by atoms with Gasteiger partial charge in [-0.2, -0.15) is 0 Å². The summed E-state index contributed by atoms with van der Waals surface area (Å²) in [5.41, 5.74) is 10.6. The Bertz CT molecular complexity index is 2350. The van der Waals surface area contributed by atoms with Gasteiger partial charge in [-0.1, -0.05) is 176 Å². The minimum absolute atomic E-state index is 0.200. The molecule has 0 radical (unpaired) electrons. The number of likely N-dealkylation sites (N-methyl/N-ethyl adjacent to an activating group) is 1. The average molecular weight is 738 g/mol. The Morgan fingerprint density at radius 2 is 1.29 bits per heavy atom. The van der Waals surface area contributed by atoms with Crippen LogP contribution in [0.2, 0.25) is 5.02 Å². The van der Waals surface area contributed by atoms with E-state index in [1.807, 2.05) is 6.07 Å². The van der Waals surface area contributed by atoms with E-state index in [1.54, 1.807) is 0 Å². The Morgan fingerprint density at radius 1 is 0.709 bits per heavy atom. The van der Waals surface area contributed by atoms with Crippen molar-refractivity contribution in [3.05, 3.63) is 239 Å². The van der Waals surface area contributed by atoms with Gasteiger partial charge >= 0.3 is 0 Å². The fraction of sp³-hybridized carbons (Fsp3) is 0.154. The minimum atomic E-state index is -0.435. The fourth-order valence-electron chi connectivity index (χ4n) is 8.63. The number of nitrogens with zero attached hydrogens (tertiary/aromatic N) is 1. The number of benzene rings is 6. The van der Waals surface area contributed by atoms with Crippen LogP contribution in [0.4, 0.5) is 11.4 Å². The van der Waals surface area contributed by atoms with E-state index in [1.165, 1.54) is 55.7 Å². The zero-order valence-corrected chi connectivity index (χ0v) is 32.9. The van der Waals surface area contributed by atoms with Crippen LogP contribution in [-0.2, 0) is 30.1 Å². The van der Waals surface area contributed by atoms with Crippen molar-refractivity contribution in [3.8, 4) is 0 Å². The van der Waals surface area contributed by atoms with Gasteiger partial charge in [0.25, 0.3) is 0 Å². The first-order valence-electron chi connectivity index (χ1n) is 19.2. The highest BCUT2D eigenvalue weighted by atomic mass is 35.5. The third-order valence-electron chi connectivity index (χ3n) is 11.3. The summed E-state index contributed by atoms with van der Waals surface area (Å²) < 4.78 is 0. The van der Waals surface area contributed by atoms with Gasteiger partial charge in [0, 0.05) is 45.9 Å². The van der Waals surface area contributed by atoms with Crippen molar-refractivity contribution in [1.82, 2.24) is 0 Å². The number of fused-ring (bicyclic) bond motifs is 3. The molecule has 0 aromatic heterocycles. The summed E-state index contributed by atoms with van der Waals surface area (Å²) in [6.45, 7) is 7.18. The molecule has 3 heteroatoms. The maximum absolute atomic E-state index is 6.74. The lowest BCUT2D eigenvalue weighted by atomic mass is 9.66. The first kappa shape index (κ1) is 37.6. The van der Waals surface area contributed by atoms with Crippen LogP contribution in [0.5, 0.6) is 0 Å². The molecular formula is C52H50ClN2+. The Kier molecular flexibility index (Phi) is 11.5. The molecule has 274 valence electrons. The molecule has 7 rings (SSSR count). The Morgan fingerprint density at radius 3 is 1.95 bits per heavy atom. The van der Waals surface area contributed by atoms with Gasteiger partial charge < -0.3 is 10.2 Å². The molecule has 0 aliphatic carbocycles. The first-order chi connectivity index (χ1) is 26.8. The van der Waals surface area contributed by atoms with Crippen LogP contribution in [0.25, 0.3) is 10.8 Å². The number of hydrogen-bond donors (Lipinski definition) is 1. The van der Waals surface area contributed by atoms with Gasteiger partial charge in [0.15, 0.2) is 0 Å². The number of quaternary nitrogens is 1. The van der Waals surface area contributed by atoms with Crippen LogP contribution in [-0.4, -0.2) is 14.1 Å². The molecule has 1 aliphatic rings. The van der Waals surface area contributed by atoms with Crippen molar-refractivity contribution in [1.29, 1.82) is 0 Å². The fourth-order valence-corrected chi connectivity index (χ4v) is 8.80. The minimum Gasteiger partial charge on any atom is -0.347 e. The Hall–Kier alpha value is -5.67. The number of nitrogens with two attached hydrogens (primary N) is 1. The van der Waals surface area contributed by atoms with Crippen LogP contribution in [0.1, 0.15) is 34.7 Å². The van der Waals surface area contributed by atoms with Gasteiger partial charge in [-0.3, -0.25) is 0 Å². The number of halogens is 1. The molecule has 1 heterocycles. The predicted molar refractivity (Wildman–Crippen MR) is 235 cm³/mol. The number of anilines is 1. The lowest BCUT2D eigenvalue weighted by molar-refractivity contribution is -0.540. The molecule has 0 saturated carbocycles. The predicted octanol–water partition coefficient (Wildman–Crippen LogP) is 11.8. The molecule has 1 aliphatic heterocycles. The van der Waals surface area contributed by atoms with E-state index in [2.05, 4.69) is 213 Å². The molecular weight excluding hydrogens is 688 g/mol. The topological polar surface area (TPSA) is 19.9 Å². The van der Waals surface area contributed by atoms with Crippen LogP contribution in [0.15, 0.2) is 206 Å². The van der Waals surface area contributed by atoms with E-state index >= 15 is 0 Å². The highest BCUT2D eigenvalue weighted by Gasteiger charge is 2.43. The molecule has 2 N–H and O–H groups in total. The average Bonchev–Trinajstić information content (AvgIpc) is 3.42. The molecule has 1 unspecified atom stereocenters. The summed E-state index contributed by atoms with van der Waals surface area (Å²) in [5, 5.41) is 5.50. The molecule has 0 spiro atoms. The summed E-state index contributed by atoms with van der Waals surface area (Å²) in [5.74, 6) is 0. The number of allylic oxidation sites excluding steroid dienone is 9. The largest absolute Gasteiger partial charge is 0.347 e. The second-order valence-electron chi connectivity index (χ2n) is 14.9. The summed E-state index contributed by atoms with van der Waals surface area (Å²) in [6.07, 6.45) is 17.6. The smallest absolute Gasteiger partial charge is 0.133 e. The Labute approximate surface area is 332 Å². The van der Waals surface area contributed by atoms with E-state index in [0.29, 0.717) is 0 Å². The monoisotopic (exact) mass is 737 g/mol. The van der Waals surface area contributed by atoms with Crippen LogP contribution in [0.3, 0.4) is 0 Å². The molecule has 1 atom stereocenters. The van der Waals surface area contributed by atoms with Gasteiger partial charge in [0.1, 0.15) is 5.69 Å². The van der Waals surface area contributed by atoms with Crippen molar-refractivity contribution in [2.75, 3.05) is 19.0 Å². The molecule has 6 aromatic rings. The SMILES string of the molecule is C=C(/C=C/C=C/C=C/C=C1/N(C)c2ccc3ccccc3c2C1(C)Cc1ccccc1)C(Cc1ccccc1)(Cc1ccccc1)c1cc(Cl)ccc1[NH2+]C.